The molecule has 3 nitrogen and oxygen atoms in total. The lowest BCUT2D eigenvalue weighted by molar-refractivity contribution is 0.189. The van der Waals surface area contributed by atoms with Gasteiger partial charge in [-0.05, 0) is 31.7 Å². The van der Waals surface area contributed by atoms with Crippen LogP contribution in [0.2, 0.25) is 0 Å². The van der Waals surface area contributed by atoms with Gasteiger partial charge in [-0.25, -0.2) is 0 Å². The minimum atomic E-state index is -0.617. The molecule has 1 N–H and O–H groups in total. The molecule has 0 bridgehead atoms. The van der Waals surface area contributed by atoms with Gasteiger partial charge in [-0.3, -0.25) is 4.21 Å². The van der Waals surface area contributed by atoms with Crippen molar-refractivity contribution in [1.82, 2.24) is 10.2 Å². The maximum atomic E-state index is 10.9. The van der Waals surface area contributed by atoms with E-state index in [9.17, 15) is 4.21 Å². The van der Waals surface area contributed by atoms with E-state index in [0.717, 1.165) is 37.2 Å². The highest BCUT2D eigenvalue weighted by Gasteiger charge is 2.33. The third-order valence-electron chi connectivity index (χ3n) is 3.39. The second kappa shape index (κ2) is 5.41. The van der Waals surface area contributed by atoms with Gasteiger partial charge < -0.3 is 10.2 Å². The molecule has 1 saturated carbocycles. The van der Waals surface area contributed by atoms with Crippen molar-refractivity contribution in [3.05, 3.63) is 0 Å². The van der Waals surface area contributed by atoms with Gasteiger partial charge in [-0.2, -0.15) is 0 Å². The Morgan fingerprint density at radius 3 is 2.93 bits per heavy atom. The zero-order valence-corrected chi connectivity index (χ0v) is 10.4. The molecule has 15 heavy (non-hydrogen) atoms. The predicted octanol–water partition coefficient (Wildman–Crippen LogP) is 0.439. The lowest BCUT2D eigenvalue weighted by Crippen LogP contribution is -2.51. The fraction of sp³-hybridized carbons (Fsp3) is 1.00. The smallest absolute Gasteiger partial charge is 0.0244 e. The summed E-state index contributed by atoms with van der Waals surface area (Å²) in [7, 11) is -0.617. The van der Waals surface area contributed by atoms with Crippen LogP contribution in [0.1, 0.15) is 19.3 Å². The Hall–Kier alpha value is 0.0700. The lowest BCUT2D eigenvalue weighted by Gasteiger charge is -2.33. The molecule has 1 saturated heterocycles. The van der Waals surface area contributed by atoms with Crippen LogP contribution in [0, 0.1) is 5.92 Å². The Morgan fingerprint density at radius 2 is 2.27 bits per heavy atom. The summed E-state index contributed by atoms with van der Waals surface area (Å²) >= 11 is 0. The molecule has 0 radical (unpaired) electrons. The van der Waals surface area contributed by atoms with E-state index in [4.69, 9.17) is 0 Å². The molecule has 2 fully saturated rings. The van der Waals surface area contributed by atoms with Crippen molar-refractivity contribution in [1.29, 1.82) is 0 Å². The third-order valence-corrected chi connectivity index (χ3v) is 4.25. The van der Waals surface area contributed by atoms with Gasteiger partial charge in [0, 0.05) is 48.5 Å². The first-order chi connectivity index (χ1) is 7.25. The van der Waals surface area contributed by atoms with Gasteiger partial charge in [0.25, 0.3) is 0 Å². The summed E-state index contributed by atoms with van der Waals surface area (Å²) in [6.07, 6.45) is 5.72. The van der Waals surface area contributed by atoms with Crippen molar-refractivity contribution in [2.24, 2.45) is 5.92 Å². The van der Waals surface area contributed by atoms with Gasteiger partial charge in [0.15, 0.2) is 0 Å². The summed E-state index contributed by atoms with van der Waals surface area (Å²) < 4.78 is 10.9. The van der Waals surface area contributed by atoms with E-state index in [1.807, 2.05) is 0 Å². The molecule has 2 aliphatic rings. The van der Waals surface area contributed by atoms with E-state index >= 15 is 0 Å². The van der Waals surface area contributed by atoms with Crippen molar-refractivity contribution in [2.45, 2.75) is 25.3 Å². The summed E-state index contributed by atoms with van der Waals surface area (Å²) in [6, 6.07) is 0.742. The first-order valence-corrected chi connectivity index (χ1v) is 7.74. The highest BCUT2D eigenvalue weighted by atomic mass is 32.2. The summed E-state index contributed by atoms with van der Waals surface area (Å²) in [6.45, 7) is 4.64. The topological polar surface area (TPSA) is 32.3 Å². The number of rotatable bonds is 5. The molecule has 0 aromatic rings. The number of piperazine rings is 1. The van der Waals surface area contributed by atoms with E-state index in [0.29, 0.717) is 0 Å². The third kappa shape index (κ3) is 3.85. The first kappa shape index (κ1) is 11.6. The van der Waals surface area contributed by atoms with Crippen LogP contribution in [-0.2, 0) is 10.8 Å². The molecule has 1 heterocycles. The van der Waals surface area contributed by atoms with Crippen molar-refractivity contribution in [3.63, 3.8) is 0 Å². The van der Waals surface area contributed by atoms with E-state index in [-0.39, 0.29) is 0 Å². The zero-order valence-electron chi connectivity index (χ0n) is 9.58. The van der Waals surface area contributed by atoms with Crippen molar-refractivity contribution in [2.75, 3.05) is 38.2 Å². The van der Waals surface area contributed by atoms with Crippen LogP contribution in [0.4, 0.5) is 0 Å². The fourth-order valence-corrected chi connectivity index (χ4v) is 2.89. The molecule has 0 spiro atoms. The molecular weight excluding hydrogens is 208 g/mol. The SMILES string of the molecule is CS(=O)CCCN1CCNC(C2CC2)C1. The standard InChI is InChI=1S/C11H22N2OS/c1-15(14)8-2-6-13-7-5-12-11(9-13)10-3-4-10/h10-12H,2-9H2,1H3. The molecule has 2 atom stereocenters. The van der Waals surface area contributed by atoms with Crippen molar-refractivity contribution < 1.29 is 4.21 Å². The summed E-state index contributed by atoms with van der Waals surface area (Å²) in [5, 5.41) is 3.61. The van der Waals surface area contributed by atoms with Gasteiger partial charge in [0.2, 0.25) is 0 Å². The van der Waals surface area contributed by atoms with Crippen molar-refractivity contribution >= 4 is 10.8 Å². The quantitative estimate of drug-likeness (QED) is 0.744. The molecule has 4 heteroatoms. The van der Waals surface area contributed by atoms with Crippen molar-refractivity contribution in [3.8, 4) is 0 Å². The van der Waals surface area contributed by atoms with Crippen LogP contribution in [0.15, 0.2) is 0 Å². The monoisotopic (exact) mass is 230 g/mol. The maximum absolute atomic E-state index is 10.9. The molecular formula is C11H22N2OS. The highest BCUT2D eigenvalue weighted by molar-refractivity contribution is 7.84. The molecule has 0 amide bonds. The zero-order chi connectivity index (χ0) is 10.7. The van der Waals surface area contributed by atoms with Gasteiger partial charge in [0.1, 0.15) is 0 Å². The molecule has 2 rings (SSSR count). The Balaban J connectivity index is 1.65. The largest absolute Gasteiger partial charge is 0.311 e. The van der Waals surface area contributed by atoms with E-state index in [1.165, 1.54) is 25.9 Å². The summed E-state index contributed by atoms with van der Waals surface area (Å²) in [5.74, 6) is 1.81. The molecule has 0 aromatic heterocycles. The Labute approximate surface area is 95.1 Å². The van der Waals surface area contributed by atoms with Crippen LogP contribution in [-0.4, -0.2) is 53.3 Å². The molecule has 0 aromatic carbocycles. The van der Waals surface area contributed by atoms with Gasteiger partial charge in [-0.15, -0.1) is 0 Å². The summed E-state index contributed by atoms with van der Waals surface area (Å²) in [5.41, 5.74) is 0. The van der Waals surface area contributed by atoms with Gasteiger partial charge in [0.05, 0.1) is 0 Å². The Kier molecular flexibility index (Phi) is 4.17. The van der Waals surface area contributed by atoms with Crippen LogP contribution < -0.4 is 5.32 Å². The minimum Gasteiger partial charge on any atom is -0.311 e. The first-order valence-electron chi connectivity index (χ1n) is 6.01. The number of nitrogens with zero attached hydrogens (tertiary/aromatic N) is 1. The minimum absolute atomic E-state index is 0.617. The normalized spacial score (nSPS) is 30.3. The van der Waals surface area contributed by atoms with Crippen LogP contribution >= 0.6 is 0 Å². The number of hydrogen-bond acceptors (Lipinski definition) is 3. The number of nitrogens with one attached hydrogen (secondary N) is 1. The van der Waals surface area contributed by atoms with Gasteiger partial charge in [-0.1, -0.05) is 0 Å². The predicted molar refractivity (Wildman–Crippen MR) is 64.5 cm³/mol. The van der Waals surface area contributed by atoms with E-state index in [2.05, 4.69) is 10.2 Å². The molecule has 1 aliphatic carbocycles. The maximum Gasteiger partial charge on any atom is 0.0244 e. The average Bonchev–Trinajstić information content (AvgIpc) is 3.01. The van der Waals surface area contributed by atoms with Crippen LogP contribution in [0.3, 0.4) is 0 Å². The Bertz CT molecular complexity index is 231. The van der Waals surface area contributed by atoms with Gasteiger partial charge >= 0.3 is 0 Å². The van der Waals surface area contributed by atoms with E-state index < -0.39 is 10.8 Å². The second-order valence-electron chi connectivity index (χ2n) is 4.83. The van der Waals surface area contributed by atoms with E-state index in [1.54, 1.807) is 6.26 Å². The second-order valence-corrected chi connectivity index (χ2v) is 6.38. The molecule has 2 unspecified atom stereocenters. The van der Waals surface area contributed by atoms with Crippen LogP contribution in [0.25, 0.3) is 0 Å². The molecule has 88 valence electrons. The number of hydrogen-bond donors (Lipinski definition) is 1. The highest BCUT2D eigenvalue weighted by Crippen LogP contribution is 2.33. The molecule has 1 aliphatic heterocycles. The lowest BCUT2D eigenvalue weighted by atomic mass is 10.1. The average molecular weight is 230 g/mol. The van der Waals surface area contributed by atoms with Crippen LogP contribution in [0.5, 0.6) is 0 Å². The Morgan fingerprint density at radius 1 is 1.47 bits per heavy atom. The summed E-state index contributed by atoms with van der Waals surface area (Å²) in [4.78, 5) is 2.53. The fourth-order valence-electron chi connectivity index (χ4n) is 2.35.